The largest absolute Gasteiger partial charge is 0.455 e. The Labute approximate surface area is 371 Å². The highest BCUT2D eigenvalue weighted by Crippen LogP contribution is 2.43. The Morgan fingerprint density at radius 2 is 0.954 bits per heavy atom. The van der Waals surface area contributed by atoms with E-state index >= 15 is 0 Å². The van der Waals surface area contributed by atoms with Gasteiger partial charge in [0.2, 0.25) is 0 Å². The molecule has 0 unspecified atom stereocenters. The van der Waals surface area contributed by atoms with E-state index < -0.39 is 0 Å². The predicted molar refractivity (Wildman–Crippen MR) is 267 cm³/mol. The molecule has 0 aliphatic carbocycles. The van der Waals surface area contributed by atoms with Gasteiger partial charge in [0, 0.05) is 60.2 Å². The molecule has 0 aliphatic rings. The molecule has 0 atom stereocenters. The van der Waals surface area contributed by atoms with Gasteiger partial charge in [0.25, 0.3) is 0 Å². The molecule has 0 saturated heterocycles. The third kappa shape index (κ3) is 5.44. The van der Waals surface area contributed by atoms with Gasteiger partial charge in [0.1, 0.15) is 11.2 Å². The summed E-state index contributed by atoms with van der Waals surface area (Å²) in [5.74, 6) is 1.69. The van der Waals surface area contributed by atoms with E-state index in [1.807, 2.05) is 30.3 Å². The summed E-state index contributed by atoms with van der Waals surface area (Å²) >= 11 is 0. The third-order valence-electron chi connectivity index (χ3n) is 13.1. The van der Waals surface area contributed by atoms with E-state index in [1.54, 1.807) is 0 Å². The van der Waals surface area contributed by atoms with Crippen molar-refractivity contribution in [3.05, 3.63) is 212 Å². The van der Waals surface area contributed by atoms with Crippen molar-refractivity contribution in [2.45, 2.75) is 0 Å². The first-order valence-electron chi connectivity index (χ1n) is 21.9. The maximum Gasteiger partial charge on any atom is 0.167 e. The quantitative estimate of drug-likeness (QED) is 0.173. The summed E-state index contributed by atoms with van der Waals surface area (Å²) < 4.78 is 11.6. The molecule has 6 nitrogen and oxygen atoms in total. The molecule has 10 aromatic carbocycles. The smallest absolute Gasteiger partial charge is 0.167 e. The number of para-hydroxylation sites is 3. The molecule has 4 heterocycles. The Morgan fingerprint density at radius 3 is 1.78 bits per heavy atom. The molecule has 0 N–H and O–H groups in total. The van der Waals surface area contributed by atoms with E-state index in [1.165, 1.54) is 32.3 Å². The molecule has 0 aliphatic heterocycles. The second-order valence-corrected chi connectivity index (χ2v) is 16.8. The van der Waals surface area contributed by atoms with E-state index in [4.69, 9.17) is 19.4 Å². The minimum atomic E-state index is 0.530. The average molecular weight is 830 g/mol. The van der Waals surface area contributed by atoms with Gasteiger partial charge in [-0.25, -0.2) is 15.0 Å². The molecule has 0 fully saturated rings. The summed E-state index contributed by atoms with van der Waals surface area (Å²) in [4.78, 5) is 16.0. The lowest BCUT2D eigenvalue weighted by atomic mass is 10.0. The molecule has 0 amide bonds. The Balaban J connectivity index is 1.07. The first-order chi connectivity index (χ1) is 32.2. The summed E-state index contributed by atoms with van der Waals surface area (Å²) in [6.45, 7) is 0. The fourth-order valence-electron chi connectivity index (χ4n) is 10.1. The number of rotatable bonds is 5. The first kappa shape index (κ1) is 35.7. The molecule has 0 spiro atoms. The van der Waals surface area contributed by atoms with Crippen molar-refractivity contribution in [1.29, 1.82) is 0 Å². The number of hydrogen-bond acceptors (Lipinski definition) is 4. The van der Waals surface area contributed by atoms with Gasteiger partial charge in [0.05, 0.1) is 27.6 Å². The van der Waals surface area contributed by atoms with Gasteiger partial charge in [-0.1, -0.05) is 146 Å². The summed E-state index contributed by atoms with van der Waals surface area (Å²) in [7, 11) is 0. The lowest BCUT2D eigenvalue weighted by Gasteiger charge is -2.14. The normalized spacial score (nSPS) is 12.0. The van der Waals surface area contributed by atoms with Crippen molar-refractivity contribution in [3.8, 4) is 45.5 Å². The molecular formula is C59H35N5O. The van der Waals surface area contributed by atoms with Gasteiger partial charge in [-0.15, -0.1) is 0 Å². The van der Waals surface area contributed by atoms with E-state index in [9.17, 15) is 0 Å². The molecule has 4 aromatic heterocycles. The highest BCUT2D eigenvalue weighted by molar-refractivity contribution is 6.21. The maximum atomic E-state index is 6.84. The molecule has 65 heavy (non-hydrogen) atoms. The van der Waals surface area contributed by atoms with Crippen LogP contribution in [0.25, 0.3) is 133 Å². The molecule has 0 radical (unpaired) electrons. The summed E-state index contributed by atoms with van der Waals surface area (Å²) in [5.41, 5.74) is 10.7. The number of nitrogens with zero attached hydrogens (tertiary/aromatic N) is 5. The Kier molecular flexibility index (Phi) is 7.59. The van der Waals surface area contributed by atoms with E-state index in [0.717, 1.165) is 82.8 Å². The standard InChI is InChI=1S/C59H35N5O/c1-3-16-37(17-4-1)57-60-58(40-28-30-52-47(32-40)44-23-11-13-25-51(44)63(52)41-20-5-2-6-21-41)62-59(61-57)50-35-42(34-49-45-24-12-14-26-54(45)65-56(49)50)64-53-33-39-19-8-7-18-38(39)31-48(53)46-29-27-36-15-9-10-22-43(36)55(46)64/h1-35H. The summed E-state index contributed by atoms with van der Waals surface area (Å²) in [5, 5.41) is 11.4. The van der Waals surface area contributed by atoms with Gasteiger partial charge in [0.15, 0.2) is 17.5 Å². The highest BCUT2D eigenvalue weighted by Gasteiger charge is 2.23. The SMILES string of the molecule is c1ccc(-c2nc(-c3ccc4c(c3)c3ccccc3n4-c3ccccc3)nc(-c3cc(-n4c5cc6ccccc6cc5c5ccc6ccccc6c54)cc4c3oc3ccccc34)n2)cc1. The van der Waals surface area contributed by atoms with E-state index in [0.29, 0.717) is 17.5 Å². The number of aromatic nitrogens is 5. The second-order valence-electron chi connectivity index (χ2n) is 16.8. The molecule has 0 bridgehead atoms. The van der Waals surface area contributed by atoms with E-state index in [-0.39, 0.29) is 0 Å². The topological polar surface area (TPSA) is 61.7 Å². The predicted octanol–water partition coefficient (Wildman–Crippen LogP) is 15.3. The first-order valence-corrected chi connectivity index (χ1v) is 21.9. The average Bonchev–Trinajstić information content (AvgIpc) is 4.03. The maximum absolute atomic E-state index is 6.84. The lowest BCUT2D eigenvalue weighted by Crippen LogP contribution is -2.02. The summed E-state index contributed by atoms with van der Waals surface area (Å²) in [6.07, 6.45) is 0. The zero-order valence-electron chi connectivity index (χ0n) is 34.9. The van der Waals surface area contributed by atoms with Gasteiger partial charge in [-0.2, -0.15) is 0 Å². The van der Waals surface area contributed by atoms with Crippen LogP contribution in [0.5, 0.6) is 0 Å². The second kappa shape index (κ2) is 13.8. The van der Waals surface area contributed by atoms with Crippen molar-refractivity contribution in [3.63, 3.8) is 0 Å². The zero-order valence-corrected chi connectivity index (χ0v) is 34.9. The molecule has 14 aromatic rings. The number of benzene rings is 10. The van der Waals surface area contributed by atoms with Crippen LogP contribution in [-0.2, 0) is 0 Å². The monoisotopic (exact) mass is 829 g/mol. The van der Waals surface area contributed by atoms with Gasteiger partial charge < -0.3 is 13.6 Å². The molecule has 14 rings (SSSR count). The number of furan rings is 1. The zero-order chi connectivity index (χ0) is 42.6. The molecule has 302 valence electrons. The van der Waals surface area contributed by atoms with Gasteiger partial charge in [-0.3, -0.25) is 0 Å². The van der Waals surface area contributed by atoms with Crippen LogP contribution in [0, 0.1) is 0 Å². The fraction of sp³-hybridized carbons (Fsp3) is 0. The Morgan fingerprint density at radius 1 is 0.323 bits per heavy atom. The minimum Gasteiger partial charge on any atom is -0.455 e. The molecule has 0 saturated carbocycles. The number of fused-ring (bicyclic) bond motifs is 12. The van der Waals surface area contributed by atoms with Gasteiger partial charge >= 0.3 is 0 Å². The van der Waals surface area contributed by atoms with Crippen LogP contribution in [0.3, 0.4) is 0 Å². The molecule has 6 heteroatoms. The minimum absolute atomic E-state index is 0.530. The van der Waals surface area contributed by atoms with Crippen molar-refractivity contribution in [2.24, 2.45) is 0 Å². The molecular weight excluding hydrogens is 795 g/mol. The van der Waals surface area contributed by atoms with Crippen LogP contribution in [0.2, 0.25) is 0 Å². The van der Waals surface area contributed by atoms with Crippen molar-refractivity contribution >= 4 is 87.1 Å². The number of hydrogen-bond donors (Lipinski definition) is 0. The Bertz CT molecular complexity index is 4240. The third-order valence-corrected chi connectivity index (χ3v) is 13.1. The van der Waals surface area contributed by atoms with Crippen molar-refractivity contribution in [2.75, 3.05) is 0 Å². The van der Waals surface area contributed by atoms with Gasteiger partial charge in [-0.05, 0) is 82.9 Å². The fourth-order valence-corrected chi connectivity index (χ4v) is 10.1. The van der Waals surface area contributed by atoms with Crippen LogP contribution in [-0.4, -0.2) is 24.1 Å². The van der Waals surface area contributed by atoms with Crippen LogP contribution in [0.1, 0.15) is 0 Å². The van der Waals surface area contributed by atoms with Crippen molar-refractivity contribution in [1.82, 2.24) is 24.1 Å². The van der Waals surface area contributed by atoms with E-state index in [2.05, 4.69) is 191 Å². The van der Waals surface area contributed by atoms with Crippen LogP contribution in [0.4, 0.5) is 0 Å². The van der Waals surface area contributed by atoms with Crippen LogP contribution in [0.15, 0.2) is 217 Å². The Hall–Kier alpha value is -8.87. The van der Waals surface area contributed by atoms with Crippen LogP contribution < -0.4 is 0 Å². The van der Waals surface area contributed by atoms with Crippen molar-refractivity contribution < 1.29 is 4.42 Å². The van der Waals surface area contributed by atoms with Crippen LogP contribution >= 0.6 is 0 Å². The lowest BCUT2D eigenvalue weighted by molar-refractivity contribution is 0.669. The highest BCUT2D eigenvalue weighted by atomic mass is 16.3. The summed E-state index contributed by atoms with van der Waals surface area (Å²) in [6, 6.07) is 75.1.